The number of likely N-dealkylation sites (tertiary alicyclic amines) is 1. The highest BCUT2D eigenvalue weighted by molar-refractivity contribution is 5.89. The van der Waals surface area contributed by atoms with Crippen molar-refractivity contribution in [2.75, 3.05) is 32.8 Å². The molecule has 2 N–H and O–H groups in total. The fourth-order valence-corrected chi connectivity index (χ4v) is 6.52. The molecule has 6 rings (SSSR count). The lowest BCUT2D eigenvalue weighted by molar-refractivity contribution is -0.157. The van der Waals surface area contributed by atoms with E-state index in [4.69, 9.17) is 4.74 Å². The second-order valence-corrected chi connectivity index (χ2v) is 10.7. The monoisotopic (exact) mass is 488 g/mol. The molecule has 10 heteroatoms. The number of aliphatic hydroxyl groups excluding tert-OH is 1. The van der Waals surface area contributed by atoms with Crippen LogP contribution in [0, 0.1) is 17.8 Å². The molecule has 5 aliphatic rings. The molecule has 5 heterocycles. The van der Waals surface area contributed by atoms with Gasteiger partial charge in [-0.25, -0.2) is 9.78 Å². The van der Waals surface area contributed by atoms with E-state index in [1.54, 1.807) is 13.3 Å². The van der Waals surface area contributed by atoms with Gasteiger partial charge < -0.3 is 29.3 Å². The zero-order valence-corrected chi connectivity index (χ0v) is 20.4. The van der Waals surface area contributed by atoms with E-state index < -0.39 is 11.6 Å². The molecular formula is C25H36N4O6. The van der Waals surface area contributed by atoms with Crippen LogP contribution in [0.5, 0.6) is 0 Å². The largest absolute Gasteiger partial charge is 0.461 e. The minimum atomic E-state index is -1.09. The van der Waals surface area contributed by atoms with Crippen molar-refractivity contribution in [2.45, 2.75) is 70.1 Å². The van der Waals surface area contributed by atoms with Crippen LogP contribution < -0.4 is 0 Å². The lowest BCUT2D eigenvalue weighted by atomic mass is 9.71. The third kappa shape index (κ3) is 4.46. The highest BCUT2D eigenvalue weighted by atomic mass is 16.5. The van der Waals surface area contributed by atoms with Gasteiger partial charge in [-0.3, -0.25) is 9.59 Å². The molecule has 4 aliphatic heterocycles. The Morgan fingerprint density at radius 1 is 1.14 bits per heavy atom. The molecule has 4 atom stereocenters. The molecular weight excluding hydrogens is 452 g/mol. The van der Waals surface area contributed by atoms with Crippen molar-refractivity contribution in [1.29, 1.82) is 0 Å². The average molecular weight is 489 g/mol. The molecule has 1 unspecified atom stereocenters. The van der Waals surface area contributed by atoms with Gasteiger partial charge in [-0.1, -0.05) is 0 Å². The summed E-state index contributed by atoms with van der Waals surface area (Å²) >= 11 is 0. The molecule has 3 saturated heterocycles. The summed E-state index contributed by atoms with van der Waals surface area (Å²) in [6.07, 6.45) is 6.32. The average Bonchev–Trinajstić information content (AvgIpc) is 3.32. The van der Waals surface area contributed by atoms with Gasteiger partial charge >= 0.3 is 5.97 Å². The van der Waals surface area contributed by atoms with Crippen LogP contribution in [-0.4, -0.2) is 91.8 Å². The van der Waals surface area contributed by atoms with Crippen LogP contribution in [-0.2, 0) is 27.3 Å². The molecule has 0 aromatic carbocycles. The number of ether oxygens (including phenoxy) is 1. The summed E-state index contributed by atoms with van der Waals surface area (Å²) in [6.45, 7) is 3.84. The van der Waals surface area contributed by atoms with E-state index in [9.17, 15) is 24.6 Å². The van der Waals surface area contributed by atoms with Crippen molar-refractivity contribution in [1.82, 2.24) is 19.4 Å². The molecule has 2 amide bonds. The Morgan fingerprint density at radius 3 is 2.60 bits per heavy atom. The van der Waals surface area contributed by atoms with E-state index in [0.29, 0.717) is 70.1 Å². The highest BCUT2D eigenvalue weighted by Gasteiger charge is 2.49. The van der Waals surface area contributed by atoms with Crippen molar-refractivity contribution < 1.29 is 29.3 Å². The quantitative estimate of drug-likeness (QED) is 0.581. The number of aliphatic hydroxyl groups is 2. The van der Waals surface area contributed by atoms with Crippen molar-refractivity contribution in [3.8, 4) is 0 Å². The molecule has 0 radical (unpaired) electrons. The number of aromatic nitrogens is 2. The molecule has 1 aromatic heterocycles. The number of fused-ring (bicyclic) bond motifs is 4. The van der Waals surface area contributed by atoms with Crippen LogP contribution in [0.1, 0.15) is 61.6 Å². The van der Waals surface area contributed by atoms with Crippen molar-refractivity contribution in [3.05, 3.63) is 17.7 Å². The predicted octanol–water partition coefficient (Wildman–Crippen LogP) is 0.595. The summed E-state index contributed by atoms with van der Waals surface area (Å²) in [4.78, 5) is 47.3. The van der Waals surface area contributed by atoms with Crippen LogP contribution in [0.4, 0.5) is 0 Å². The SMILES string of the molecule is CCOC(=O)c1ncn2c1CCC(C(=O)N1C[C@@H]3CC[C@H]1[C@@H](C(=O)N1CCC(O)(CO)CC1)C3)C2. The summed E-state index contributed by atoms with van der Waals surface area (Å²) < 4.78 is 7.01. The smallest absolute Gasteiger partial charge is 0.358 e. The maximum Gasteiger partial charge on any atom is 0.358 e. The van der Waals surface area contributed by atoms with E-state index >= 15 is 0 Å². The minimum absolute atomic E-state index is 0.0804. The maximum absolute atomic E-state index is 13.7. The topological polar surface area (TPSA) is 125 Å². The molecule has 10 nitrogen and oxygen atoms in total. The number of carbonyl (C=O) groups is 3. The number of hydrogen-bond acceptors (Lipinski definition) is 7. The lowest BCUT2D eigenvalue weighted by Gasteiger charge is -2.51. The van der Waals surface area contributed by atoms with E-state index in [0.717, 1.165) is 25.0 Å². The molecule has 2 bridgehead atoms. The van der Waals surface area contributed by atoms with Gasteiger partial charge in [-0.2, -0.15) is 0 Å². The van der Waals surface area contributed by atoms with Crippen LogP contribution >= 0.6 is 0 Å². The Morgan fingerprint density at radius 2 is 1.91 bits per heavy atom. The number of nitrogens with zero attached hydrogens (tertiary/aromatic N) is 4. The first-order valence-corrected chi connectivity index (χ1v) is 13.0. The molecule has 1 aliphatic carbocycles. The molecule has 1 aromatic rings. The Balaban J connectivity index is 1.26. The van der Waals surface area contributed by atoms with Crippen LogP contribution in [0.2, 0.25) is 0 Å². The number of rotatable bonds is 5. The zero-order valence-electron chi connectivity index (χ0n) is 20.4. The fraction of sp³-hybridized carbons (Fsp3) is 0.760. The van der Waals surface area contributed by atoms with Gasteiger partial charge in [0.2, 0.25) is 11.8 Å². The molecule has 35 heavy (non-hydrogen) atoms. The van der Waals surface area contributed by atoms with Crippen LogP contribution in [0.15, 0.2) is 6.33 Å². The van der Waals surface area contributed by atoms with Gasteiger partial charge in [0, 0.05) is 32.2 Å². The summed E-state index contributed by atoms with van der Waals surface area (Å²) in [5.41, 5.74) is 0.0775. The first-order valence-electron chi connectivity index (χ1n) is 13.0. The summed E-state index contributed by atoms with van der Waals surface area (Å²) in [5, 5.41) is 19.7. The van der Waals surface area contributed by atoms with Crippen molar-refractivity contribution in [2.24, 2.45) is 17.8 Å². The molecule has 192 valence electrons. The number of piperidine rings is 3. The van der Waals surface area contributed by atoms with Gasteiger partial charge in [0.25, 0.3) is 0 Å². The number of imidazole rings is 1. The van der Waals surface area contributed by atoms with E-state index in [-0.39, 0.29) is 36.3 Å². The zero-order chi connectivity index (χ0) is 24.7. The Labute approximate surface area is 205 Å². The standard InChI is InChI=1S/C25H36N4O6/c1-2-35-24(33)21-20-6-4-17(13-28(20)15-26-21)22(31)29-12-16-3-5-19(29)18(11-16)23(32)27-9-7-25(34,14-30)8-10-27/h15-19,30,34H,2-14H2,1H3/t16-,17?,18+,19+/m1/s1. The van der Waals surface area contributed by atoms with Crippen molar-refractivity contribution in [3.63, 3.8) is 0 Å². The second-order valence-electron chi connectivity index (χ2n) is 10.7. The Hall–Kier alpha value is -2.46. The first kappa shape index (κ1) is 24.2. The van der Waals surface area contributed by atoms with Gasteiger partial charge in [-0.05, 0) is 57.8 Å². The van der Waals surface area contributed by atoms with Gasteiger partial charge in [0.1, 0.15) is 0 Å². The predicted molar refractivity (Wildman–Crippen MR) is 124 cm³/mol. The van der Waals surface area contributed by atoms with Gasteiger partial charge in [-0.15, -0.1) is 0 Å². The molecule has 4 fully saturated rings. The number of carbonyl (C=O) groups excluding carboxylic acids is 3. The Bertz CT molecular complexity index is 985. The molecule has 0 spiro atoms. The molecule has 1 saturated carbocycles. The number of hydrogen-bond donors (Lipinski definition) is 2. The van der Waals surface area contributed by atoms with Crippen LogP contribution in [0.25, 0.3) is 0 Å². The number of amides is 2. The van der Waals surface area contributed by atoms with E-state index in [2.05, 4.69) is 4.98 Å². The normalized spacial score (nSPS) is 29.6. The first-order chi connectivity index (χ1) is 16.8. The van der Waals surface area contributed by atoms with Gasteiger partial charge in [0.05, 0.1) is 42.7 Å². The highest BCUT2D eigenvalue weighted by Crippen LogP contribution is 2.42. The Kier molecular flexibility index (Phi) is 6.61. The minimum Gasteiger partial charge on any atom is -0.461 e. The summed E-state index contributed by atoms with van der Waals surface area (Å²) in [5.74, 6) is -0.305. The third-order valence-electron chi connectivity index (χ3n) is 8.59. The maximum atomic E-state index is 13.7. The summed E-state index contributed by atoms with van der Waals surface area (Å²) in [7, 11) is 0. The summed E-state index contributed by atoms with van der Waals surface area (Å²) in [6, 6.07) is -0.0853. The van der Waals surface area contributed by atoms with Crippen LogP contribution in [0.3, 0.4) is 0 Å². The number of esters is 1. The third-order valence-corrected chi connectivity index (χ3v) is 8.59. The van der Waals surface area contributed by atoms with Gasteiger partial charge in [0.15, 0.2) is 5.69 Å². The van der Waals surface area contributed by atoms with Crippen molar-refractivity contribution >= 4 is 17.8 Å². The second kappa shape index (κ2) is 9.54. The fourth-order valence-electron chi connectivity index (χ4n) is 6.52. The van der Waals surface area contributed by atoms with E-state index in [1.807, 2.05) is 14.4 Å². The van der Waals surface area contributed by atoms with E-state index in [1.165, 1.54) is 0 Å². The lowest BCUT2D eigenvalue weighted by Crippen LogP contribution is -2.61.